The molecule has 0 bridgehead atoms. The molecule has 1 saturated heterocycles. The minimum atomic E-state index is -0.0783. The summed E-state index contributed by atoms with van der Waals surface area (Å²) in [5, 5.41) is 3.73. The number of nitrogens with one attached hydrogen (secondary N) is 1. The van der Waals surface area contributed by atoms with Crippen LogP contribution in [0.3, 0.4) is 0 Å². The lowest BCUT2D eigenvalue weighted by molar-refractivity contribution is -0.122. The number of carbonyl (C=O) groups is 1. The van der Waals surface area contributed by atoms with Gasteiger partial charge in [-0.25, -0.2) is 4.98 Å². The van der Waals surface area contributed by atoms with Crippen LogP contribution in [0.2, 0.25) is 0 Å². The number of ether oxygens (including phenoxy) is 1. The molecule has 1 amide bonds. The minimum Gasteiger partial charge on any atom is -0.376 e. The summed E-state index contributed by atoms with van der Waals surface area (Å²) in [7, 11) is 0. The summed E-state index contributed by atoms with van der Waals surface area (Å²) >= 11 is 1.59. The first-order valence-corrected chi connectivity index (χ1v) is 9.36. The zero-order valence-corrected chi connectivity index (χ0v) is 13.9. The Labute approximate surface area is 139 Å². The second-order valence-electron chi connectivity index (χ2n) is 6.46. The van der Waals surface area contributed by atoms with Crippen molar-refractivity contribution >= 4 is 17.7 Å². The Bertz CT molecular complexity index is 682. The van der Waals surface area contributed by atoms with Crippen molar-refractivity contribution < 1.29 is 9.53 Å². The van der Waals surface area contributed by atoms with Gasteiger partial charge in [0.15, 0.2) is 5.16 Å². The lowest BCUT2D eigenvalue weighted by atomic mass is 10.2. The van der Waals surface area contributed by atoms with Crippen LogP contribution >= 0.6 is 11.8 Å². The molecular formula is C16H21N3O3S. The van der Waals surface area contributed by atoms with E-state index >= 15 is 0 Å². The highest BCUT2D eigenvalue weighted by molar-refractivity contribution is 7.99. The van der Waals surface area contributed by atoms with E-state index in [0.717, 1.165) is 60.9 Å². The molecular weight excluding hydrogens is 314 g/mol. The summed E-state index contributed by atoms with van der Waals surface area (Å²) in [6.45, 7) is 1.36. The fourth-order valence-electron chi connectivity index (χ4n) is 3.62. The van der Waals surface area contributed by atoms with Crippen molar-refractivity contribution in [1.82, 2.24) is 14.9 Å². The van der Waals surface area contributed by atoms with Crippen LogP contribution in [0.1, 0.15) is 43.0 Å². The van der Waals surface area contributed by atoms with Crippen molar-refractivity contribution in [2.45, 2.75) is 55.8 Å². The fourth-order valence-corrected chi connectivity index (χ4v) is 4.78. The van der Waals surface area contributed by atoms with Gasteiger partial charge in [-0.3, -0.25) is 14.2 Å². The van der Waals surface area contributed by atoms with E-state index in [1.54, 1.807) is 16.3 Å². The van der Waals surface area contributed by atoms with Crippen LogP contribution in [0.5, 0.6) is 0 Å². The zero-order chi connectivity index (χ0) is 15.8. The van der Waals surface area contributed by atoms with E-state index < -0.39 is 0 Å². The molecule has 3 aliphatic rings. The molecule has 1 aromatic rings. The standard InChI is InChI=1S/C16H21N3O3S/c20-14(17-8-11-3-2-6-22-11)7-10-9-23-16-18-13-5-1-4-12(13)15(21)19(10)16/h10-11H,1-9H2,(H,17,20)/t10-,11+/m0/s1. The van der Waals surface area contributed by atoms with Gasteiger partial charge in [0.05, 0.1) is 17.8 Å². The van der Waals surface area contributed by atoms with Crippen molar-refractivity contribution in [2.24, 2.45) is 0 Å². The molecule has 1 N–H and O–H groups in total. The van der Waals surface area contributed by atoms with Crippen LogP contribution in [0, 0.1) is 0 Å². The molecule has 3 heterocycles. The molecule has 0 saturated carbocycles. The SMILES string of the molecule is O=C(C[C@H]1CSc2nc3c(c(=O)n21)CCC3)NC[C@H]1CCCO1. The van der Waals surface area contributed by atoms with Gasteiger partial charge in [0.2, 0.25) is 5.91 Å². The third kappa shape index (κ3) is 2.92. The smallest absolute Gasteiger partial charge is 0.257 e. The quantitative estimate of drug-likeness (QED) is 0.833. The van der Waals surface area contributed by atoms with E-state index in [1.807, 2.05) is 0 Å². The number of fused-ring (bicyclic) bond motifs is 2. The Morgan fingerprint density at radius 1 is 1.39 bits per heavy atom. The Hall–Kier alpha value is -1.34. The molecule has 7 heteroatoms. The van der Waals surface area contributed by atoms with Crippen LogP contribution in [0.15, 0.2) is 9.95 Å². The summed E-state index contributed by atoms with van der Waals surface area (Å²) in [4.78, 5) is 29.5. The van der Waals surface area contributed by atoms with E-state index in [-0.39, 0.29) is 23.6 Å². The van der Waals surface area contributed by atoms with Gasteiger partial charge in [0, 0.05) is 30.9 Å². The summed E-state index contributed by atoms with van der Waals surface area (Å²) < 4.78 is 7.27. The predicted molar refractivity (Wildman–Crippen MR) is 86.9 cm³/mol. The Balaban J connectivity index is 1.44. The van der Waals surface area contributed by atoms with Crippen LogP contribution < -0.4 is 10.9 Å². The van der Waals surface area contributed by atoms with Crippen LogP contribution in [-0.2, 0) is 22.4 Å². The number of nitrogens with zero attached hydrogens (tertiary/aromatic N) is 2. The van der Waals surface area contributed by atoms with E-state index in [9.17, 15) is 9.59 Å². The van der Waals surface area contributed by atoms with Crippen LogP contribution in [0.25, 0.3) is 0 Å². The maximum absolute atomic E-state index is 12.7. The van der Waals surface area contributed by atoms with E-state index in [0.29, 0.717) is 13.0 Å². The maximum atomic E-state index is 12.7. The van der Waals surface area contributed by atoms with Crippen molar-refractivity contribution in [2.75, 3.05) is 18.9 Å². The number of hydrogen-bond acceptors (Lipinski definition) is 5. The number of carbonyl (C=O) groups excluding carboxylic acids is 1. The van der Waals surface area contributed by atoms with Gasteiger partial charge in [-0.15, -0.1) is 0 Å². The second-order valence-corrected chi connectivity index (χ2v) is 7.44. The topological polar surface area (TPSA) is 73.2 Å². The molecule has 0 unspecified atom stereocenters. The second kappa shape index (κ2) is 6.28. The summed E-state index contributed by atoms with van der Waals surface area (Å²) in [5.41, 5.74) is 1.91. The summed E-state index contributed by atoms with van der Waals surface area (Å²) in [5.74, 6) is 0.740. The van der Waals surface area contributed by atoms with Gasteiger partial charge >= 0.3 is 0 Å². The van der Waals surface area contributed by atoms with Gasteiger partial charge in [-0.05, 0) is 32.1 Å². The number of hydrogen-bond donors (Lipinski definition) is 1. The molecule has 6 nitrogen and oxygen atoms in total. The van der Waals surface area contributed by atoms with Crippen molar-refractivity contribution in [3.63, 3.8) is 0 Å². The first-order chi connectivity index (χ1) is 11.2. The molecule has 1 aliphatic carbocycles. The molecule has 0 radical (unpaired) electrons. The zero-order valence-electron chi connectivity index (χ0n) is 13.0. The normalized spacial score (nSPS) is 25.4. The number of amides is 1. The minimum absolute atomic E-state index is 0.00801. The molecule has 23 heavy (non-hydrogen) atoms. The van der Waals surface area contributed by atoms with E-state index in [4.69, 9.17) is 4.74 Å². The molecule has 2 aliphatic heterocycles. The number of aromatic nitrogens is 2. The average Bonchev–Trinajstić information content (AvgIpc) is 3.26. The first-order valence-electron chi connectivity index (χ1n) is 8.38. The number of rotatable bonds is 4. The molecule has 2 atom stereocenters. The van der Waals surface area contributed by atoms with Crippen molar-refractivity contribution in [3.8, 4) is 0 Å². The maximum Gasteiger partial charge on any atom is 0.257 e. The fraction of sp³-hybridized carbons (Fsp3) is 0.688. The largest absolute Gasteiger partial charge is 0.376 e. The molecule has 1 fully saturated rings. The molecule has 0 spiro atoms. The van der Waals surface area contributed by atoms with E-state index in [2.05, 4.69) is 10.3 Å². The van der Waals surface area contributed by atoms with Gasteiger partial charge in [0.25, 0.3) is 5.56 Å². The monoisotopic (exact) mass is 335 g/mol. The third-order valence-corrected chi connectivity index (χ3v) is 5.94. The lowest BCUT2D eigenvalue weighted by Gasteiger charge is -2.15. The van der Waals surface area contributed by atoms with E-state index in [1.165, 1.54) is 0 Å². The summed E-state index contributed by atoms with van der Waals surface area (Å²) in [6, 6.07) is -0.0783. The van der Waals surface area contributed by atoms with Gasteiger partial charge in [-0.2, -0.15) is 0 Å². The Kier molecular flexibility index (Phi) is 4.15. The highest BCUT2D eigenvalue weighted by Gasteiger charge is 2.31. The molecule has 0 aromatic carbocycles. The first kappa shape index (κ1) is 15.2. The highest BCUT2D eigenvalue weighted by atomic mass is 32.2. The number of aryl methyl sites for hydroxylation is 1. The van der Waals surface area contributed by atoms with Crippen molar-refractivity contribution in [1.29, 1.82) is 0 Å². The van der Waals surface area contributed by atoms with Crippen molar-refractivity contribution in [3.05, 3.63) is 21.6 Å². The molecule has 124 valence electrons. The van der Waals surface area contributed by atoms with Gasteiger partial charge < -0.3 is 10.1 Å². The van der Waals surface area contributed by atoms with Gasteiger partial charge in [-0.1, -0.05) is 11.8 Å². The highest BCUT2D eigenvalue weighted by Crippen LogP contribution is 2.33. The average molecular weight is 335 g/mol. The third-order valence-electron chi connectivity index (χ3n) is 4.84. The van der Waals surface area contributed by atoms with Gasteiger partial charge in [0.1, 0.15) is 0 Å². The van der Waals surface area contributed by atoms with Crippen LogP contribution in [-0.4, -0.2) is 40.5 Å². The number of thioether (sulfide) groups is 1. The predicted octanol–water partition coefficient (Wildman–Crippen LogP) is 1.06. The Morgan fingerprint density at radius 3 is 3.13 bits per heavy atom. The Morgan fingerprint density at radius 2 is 2.30 bits per heavy atom. The summed E-state index contributed by atoms with van der Waals surface area (Å²) in [6.07, 6.45) is 5.31. The lowest BCUT2D eigenvalue weighted by Crippen LogP contribution is -2.35. The molecule has 1 aromatic heterocycles. The molecule has 4 rings (SSSR count). The van der Waals surface area contributed by atoms with Crippen LogP contribution in [0.4, 0.5) is 0 Å².